The van der Waals surface area contributed by atoms with Crippen molar-refractivity contribution in [1.82, 2.24) is 10.3 Å². The van der Waals surface area contributed by atoms with Crippen LogP contribution in [0.25, 0.3) is 17.0 Å². The van der Waals surface area contributed by atoms with Crippen molar-refractivity contribution in [3.8, 4) is 0 Å². The van der Waals surface area contributed by atoms with Crippen molar-refractivity contribution in [3.63, 3.8) is 0 Å². The highest BCUT2D eigenvalue weighted by molar-refractivity contribution is 8.00. The molecule has 0 spiro atoms. The second kappa shape index (κ2) is 13.6. The van der Waals surface area contributed by atoms with Gasteiger partial charge >= 0.3 is 0 Å². The molecule has 4 aromatic carbocycles. The Morgan fingerprint density at radius 1 is 0.860 bits per heavy atom. The Morgan fingerprint density at radius 3 is 2.33 bits per heavy atom. The van der Waals surface area contributed by atoms with Crippen LogP contribution < -0.4 is 16.0 Å². The van der Waals surface area contributed by atoms with Crippen LogP contribution in [0.15, 0.2) is 114 Å². The summed E-state index contributed by atoms with van der Waals surface area (Å²) in [7, 11) is 0. The maximum Gasteiger partial charge on any atom is 0.272 e. The SMILES string of the molecule is CC(Sc1ccc(NC(=O)/C(=C/c2c[nH]c3ccccc23)NC(=O)c2ccccc2)cc1)C(=O)Nc1ccc(Cl)cc1Cl. The predicted molar refractivity (Wildman–Crippen MR) is 176 cm³/mol. The van der Waals surface area contributed by atoms with E-state index in [2.05, 4.69) is 20.9 Å². The first-order chi connectivity index (χ1) is 20.8. The van der Waals surface area contributed by atoms with Gasteiger partial charge in [-0.1, -0.05) is 59.6 Å². The molecule has 7 nitrogen and oxygen atoms in total. The Bertz CT molecular complexity index is 1820. The molecule has 0 aliphatic heterocycles. The lowest BCUT2D eigenvalue weighted by molar-refractivity contribution is -0.115. The minimum absolute atomic E-state index is 0.0863. The zero-order valence-corrected chi connectivity index (χ0v) is 25.2. The van der Waals surface area contributed by atoms with Crippen LogP contribution in [0.2, 0.25) is 10.0 Å². The summed E-state index contributed by atoms with van der Waals surface area (Å²) in [5, 5.41) is 9.77. The maximum atomic E-state index is 13.4. The summed E-state index contributed by atoms with van der Waals surface area (Å²) in [6.07, 6.45) is 3.43. The van der Waals surface area contributed by atoms with Crippen molar-refractivity contribution in [2.24, 2.45) is 0 Å². The van der Waals surface area contributed by atoms with Gasteiger partial charge in [0, 0.05) is 43.8 Å². The number of anilines is 2. The number of thioether (sulfide) groups is 1. The summed E-state index contributed by atoms with van der Waals surface area (Å²) in [6, 6.07) is 28.4. The predicted octanol–water partition coefficient (Wildman–Crippen LogP) is 8.00. The van der Waals surface area contributed by atoms with Crippen LogP contribution in [-0.4, -0.2) is 28.0 Å². The fraction of sp³-hybridized carbons (Fsp3) is 0.0606. The fourth-order valence-electron chi connectivity index (χ4n) is 4.21. The molecule has 0 saturated carbocycles. The number of benzene rings is 4. The number of carbonyl (C=O) groups excluding carboxylic acids is 3. The molecule has 0 bridgehead atoms. The number of H-pyrrole nitrogens is 1. The van der Waals surface area contributed by atoms with Crippen LogP contribution in [0.1, 0.15) is 22.8 Å². The van der Waals surface area contributed by atoms with Gasteiger partial charge in [-0.3, -0.25) is 14.4 Å². The number of aromatic amines is 1. The van der Waals surface area contributed by atoms with Gasteiger partial charge in [0.25, 0.3) is 11.8 Å². The minimum atomic E-state index is -0.484. The number of amides is 3. The second-order valence-corrected chi connectivity index (χ2v) is 11.8. The van der Waals surface area contributed by atoms with Crippen LogP contribution in [0.3, 0.4) is 0 Å². The zero-order chi connectivity index (χ0) is 30.3. The third-order valence-electron chi connectivity index (χ3n) is 6.43. The van der Waals surface area contributed by atoms with Gasteiger partial charge in [-0.2, -0.15) is 0 Å². The topological polar surface area (TPSA) is 103 Å². The highest BCUT2D eigenvalue weighted by atomic mass is 35.5. The van der Waals surface area contributed by atoms with Gasteiger partial charge in [-0.15, -0.1) is 11.8 Å². The molecule has 1 atom stereocenters. The largest absolute Gasteiger partial charge is 0.361 e. The second-order valence-electron chi connectivity index (χ2n) is 9.52. The first kappa shape index (κ1) is 30.0. The van der Waals surface area contributed by atoms with Gasteiger partial charge in [0.1, 0.15) is 5.70 Å². The van der Waals surface area contributed by atoms with E-state index in [0.29, 0.717) is 27.0 Å². The molecule has 216 valence electrons. The summed E-state index contributed by atoms with van der Waals surface area (Å²) >= 11 is 13.5. The lowest BCUT2D eigenvalue weighted by Gasteiger charge is -2.14. The van der Waals surface area contributed by atoms with Crippen molar-refractivity contribution in [3.05, 3.63) is 130 Å². The van der Waals surface area contributed by atoms with Crippen LogP contribution in [0, 0.1) is 0 Å². The van der Waals surface area contributed by atoms with Crippen molar-refractivity contribution >= 4 is 81.0 Å². The monoisotopic (exact) mass is 628 g/mol. The smallest absolute Gasteiger partial charge is 0.272 e. The molecule has 10 heteroatoms. The lowest BCUT2D eigenvalue weighted by atomic mass is 10.1. The molecule has 0 radical (unpaired) electrons. The van der Waals surface area contributed by atoms with E-state index in [1.807, 2.05) is 42.5 Å². The van der Waals surface area contributed by atoms with Crippen molar-refractivity contribution < 1.29 is 14.4 Å². The summed E-state index contributed by atoms with van der Waals surface area (Å²) in [6.45, 7) is 1.79. The third kappa shape index (κ3) is 7.67. The van der Waals surface area contributed by atoms with E-state index in [1.54, 1.807) is 73.8 Å². The normalized spacial score (nSPS) is 12.0. The van der Waals surface area contributed by atoms with Crippen molar-refractivity contribution in [2.75, 3.05) is 10.6 Å². The van der Waals surface area contributed by atoms with Crippen LogP contribution in [0.5, 0.6) is 0 Å². The maximum absolute atomic E-state index is 13.4. The Morgan fingerprint density at radius 2 is 1.58 bits per heavy atom. The molecule has 0 saturated heterocycles. The number of nitrogens with one attached hydrogen (secondary N) is 4. The highest BCUT2D eigenvalue weighted by Gasteiger charge is 2.18. The van der Waals surface area contributed by atoms with E-state index in [-0.39, 0.29) is 11.6 Å². The molecule has 4 N–H and O–H groups in total. The molecule has 43 heavy (non-hydrogen) atoms. The molecular formula is C33H26Cl2N4O3S. The quantitative estimate of drug-likeness (QED) is 0.0980. The van der Waals surface area contributed by atoms with Gasteiger partial charge in [-0.05, 0) is 73.7 Å². The van der Waals surface area contributed by atoms with E-state index in [9.17, 15) is 14.4 Å². The number of carbonyl (C=O) groups is 3. The number of fused-ring (bicyclic) bond motifs is 1. The average Bonchev–Trinajstić information content (AvgIpc) is 3.42. The molecule has 0 aliphatic carbocycles. The zero-order valence-electron chi connectivity index (χ0n) is 22.9. The Balaban J connectivity index is 1.28. The van der Waals surface area contributed by atoms with Crippen LogP contribution in [-0.2, 0) is 9.59 Å². The highest BCUT2D eigenvalue weighted by Crippen LogP contribution is 2.29. The molecule has 0 fully saturated rings. The Kier molecular flexibility index (Phi) is 9.51. The Hall–Kier alpha value is -4.50. The molecule has 5 rings (SSSR count). The number of halogens is 2. The minimum Gasteiger partial charge on any atom is -0.361 e. The van der Waals surface area contributed by atoms with E-state index in [4.69, 9.17) is 23.2 Å². The third-order valence-corrected chi connectivity index (χ3v) is 8.09. The summed E-state index contributed by atoms with van der Waals surface area (Å²) < 4.78 is 0. The fourth-order valence-corrected chi connectivity index (χ4v) is 5.53. The molecule has 0 aliphatic rings. The van der Waals surface area contributed by atoms with Crippen molar-refractivity contribution in [2.45, 2.75) is 17.1 Å². The van der Waals surface area contributed by atoms with E-state index in [1.165, 1.54) is 11.8 Å². The molecule has 1 aromatic heterocycles. The first-order valence-corrected chi connectivity index (χ1v) is 14.9. The first-order valence-electron chi connectivity index (χ1n) is 13.2. The van der Waals surface area contributed by atoms with E-state index in [0.717, 1.165) is 21.4 Å². The molecule has 1 unspecified atom stereocenters. The van der Waals surface area contributed by atoms with E-state index >= 15 is 0 Å². The number of hydrogen-bond donors (Lipinski definition) is 4. The summed E-state index contributed by atoms with van der Waals surface area (Å²) in [5.74, 6) is -1.10. The number of para-hydroxylation sites is 1. The van der Waals surface area contributed by atoms with Gasteiger partial charge in [0.05, 0.1) is 16.0 Å². The number of rotatable bonds is 9. The molecule has 1 heterocycles. The number of hydrogen-bond acceptors (Lipinski definition) is 4. The van der Waals surface area contributed by atoms with Crippen molar-refractivity contribution in [1.29, 1.82) is 0 Å². The Labute approximate surface area is 262 Å². The van der Waals surface area contributed by atoms with Gasteiger partial charge < -0.3 is 20.9 Å². The standard InChI is InChI=1S/C33H26Cl2N4O3S/c1-20(31(40)38-29-16-11-23(34)18-27(29)35)43-25-14-12-24(13-15-25)37-33(42)30(39-32(41)21-7-3-2-4-8-21)17-22-19-36-28-10-6-5-9-26(22)28/h2-20,36H,1H3,(H,37,42)(H,38,40)(H,39,41)/b30-17-. The van der Waals surface area contributed by atoms with Gasteiger partial charge in [0.15, 0.2) is 0 Å². The average molecular weight is 630 g/mol. The van der Waals surface area contributed by atoms with Crippen LogP contribution in [0.4, 0.5) is 11.4 Å². The van der Waals surface area contributed by atoms with Gasteiger partial charge in [-0.25, -0.2) is 0 Å². The molecular weight excluding hydrogens is 603 g/mol. The summed E-state index contributed by atoms with van der Waals surface area (Å²) in [5.41, 5.74) is 3.19. The van der Waals surface area contributed by atoms with Crippen LogP contribution >= 0.6 is 35.0 Å². The summed E-state index contributed by atoms with van der Waals surface area (Å²) in [4.78, 5) is 43.1. The molecule has 5 aromatic rings. The number of aromatic nitrogens is 1. The van der Waals surface area contributed by atoms with E-state index < -0.39 is 17.1 Å². The van der Waals surface area contributed by atoms with Gasteiger partial charge in [0.2, 0.25) is 5.91 Å². The molecule has 3 amide bonds. The lowest BCUT2D eigenvalue weighted by Crippen LogP contribution is -2.30.